The van der Waals surface area contributed by atoms with E-state index in [4.69, 9.17) is 4.74 Å². The van der Waals surface area contributed by atoms with Gasteiger partial charge in [0.2, 0.25) is 15.9 Å². The van der Waals surface area contributed by atoms with Crippen LogP contribution in [0.25, 0.3) is 0 Å². The second-order valence-electron chi connectivity index (χ2n) is 6.04. The number of benzene rings is 2. The third-order valence-corrected chi connectivity index (χ3v) is 5.50. The minimum Gasteiger partial charge on any atom is -0.494 e. The van der Waals surface area contributed by atoms with Gasteiger partial charge in [-0.2, -0.15) is 4.72 Å². The van der Waals surface area contributed by atoms with Crippen LogP contribution in [0, 0.1) is 13.8 Å². The average molecular weight is 376 g/mol. The molecule has 0 heterocycles. The van der Waals surface area contributed by atoms with Gasteiger partial charge in [0.1, 0.15) is 5.75 Å². The van der Waals surface area contributed by atoms with Crippen LogP contribution in [-0.2, 0) is 14.8 Å². The first-order chi connectivity index (χ1) is 12.2. The highest BCUT2D eigenvalue weighted by Crippen LogP contribution is 2.17. The van der Waals surface area contributed by atoms with Crippen molar-refractivity contribution in [1.82, 2.24) is 4.72 Å². The summed E-state index contributed by atoms with van der Waals surface area (Å²) in [6.07, 6.45) is 0. The number of hydrogen-bond donors (Lipinski definition) is 2. The van der Waals surface area contributed by atoms with Crippen molar-refractivity contribution in [3.05, 3.63) is 53.6 Å². The van der Waals surface area contributed by atoms with Crippen LogP contribution in [0.4, 0.5) is 5.69 Å². The quantitative estimate of drug-likeness (QED) is 0.778. The highest BCUT2D eigenvalue weighted by molar-refractivity contribution is 7.89. The molecule has 6 nitrogen and oxygen atoms in total. The molecule has 0 aliphatic carbocycles. The Morgan fingerprint density at radius 2 is 1.73 bits per heavy atom. The van der Waals surface area contributed by atoms with Crippen molar-refractivity contribution in [2.75, 3.05) is 11.9 Å². The molecule has 7 heteroatoms. The summed E-state index contributed by atoms with van der Waals surface area (Å²) >= 11 is 0. The number of aryl methyl sites for hydroxylation is 2. The third-order valence-electron chi connectivity index (χ3n) is 3.94. The van der Waals surface area contributed by atoms with Crippen molar-refractivity contribution in [3.63, 3.8) is 0 Å². The highest BCUT2D eigenvalue weighted by atomic mass is 32.2. The SMILES string of the molecule is CCOc1ccc(S(=O)(=O)N[C@H](C)C(=O)Nc2ccc(C)c(C)c2)cc1. The molecule has 0 unspecified atom stereocenters. The van der Waals surface area contributed by atoms with Gasteiger partial charge in [0.15, 0.2) is 0 Å². The maximum absolute atomic E-state index is 12.4. The molecular formula is C19H24N2O4S. The van der Waals surface area contributed by atoms with Gasteiger partial charge in [0.05, 0.1) is 17.5 Å². The Morgan fingerprint density at radius 1 is 1.08 bits per heavy atom. The lowest BCUT2D eigenvalue weighted by Gasteiger charge is -2.15. The third kappa shape index (κ3) is 5.06. The van der Waals surface area contributed by atoms with E-state index in [2.05, 4.69) is 10.0 Å². The molecule has 0 aliphatic heterocycles. The van der Waals surface area contributed by atoms with Crippen LogP contribution in [0.1, 0.15) is 25.0 Å². The van der Waals surface area contributed by atoms with Crippen molar-refractivity contribution in [2.45, 2.75) is 38.6 Å². The second-order valence-corrected chi connectivity index (χ2v) is 7.75. The molecular weight excluding hydrogens is 352 g/mol. The number of anilines is 1. The molecule has 2 aromatic rings. The first-order valence-electron chi connectivity index (χ1n) is 8.36. The van der Waals surface area contributed by atoms with E-state index in [1.54, 1.807) is 18.2 Å². The molecule has 1 amide bonds. The summed E-state index contributed by atoms with van der Waals surface area (Å²) in [6.45, 7) is 7.78. The van der Waals surface area contributed by atoms with Crippen molar-refractivity contribution in [3.8, 4) is 5.75 Å². The van der Waals surface area contributed by atoms with Crippen LogP contribution < -0.4 is 14.8 Å². The van der Waals surface area contributed by atoms with Crippen LogP contribution in [0.15, 0.2) is 47.4 Å². The van der Waals surface area contributed by atoms with E-state index in [1.165, 1.54) is 19.1 Å². The number of rotatable bonds is 7. The van der Waals surface area contributed by atoms with Gasteiger partial charge >= 0.3 is 0 Å². The fraction of sp³-hybridized carbons (Fsp3) is 0.316. The van der Waals surface area contributed by atoms with Gasteiger partial charge in [-0.05, 0) is 75.2 Å². The monoisotopic (exact) mass is 376 g/mol. The first kappa shape index (κ1) is 19.9. The van der Waals surface area contributed by atoms with E-state index < -0.39 is 22.0 Å². The number of carbonyl (C=O) groups is 1. The molecule has 0 aliphatic rings. The maximum atomic E-state index is 12.4. The van der Waals surface area contributed by atoms with Crippen LogP contribution in [-0.4, -0.2) is 27.0 Å². The zero-order chi connectivity index (χ0) is 19.3. The van der Waals surface area contributed by atoms with E-state index in [-0.39, 0.29) is 4.90 Å². The molecule has 0 saturated carbocycles. The lowest BCUT2D eigenvalue weighted by atomic mass is 10.1. The lowest BCUT2D eigenvalue weighted by molar-refractivity contribution is -0.117. The normalized spacial score (nSPS) is 12.5. The van der Waals surface area contributed by atoms with Crippen LogP contribution in [0.5, 0.6) is 5.75 Å². The van der Waals surface area contributed by atoms with Gasteiger partial charge in [-0.25, -0.2) is 8.42 Å². The number of ether oxygens (including phenoxy) is 1. The number of carbonyl (C=O) groups excluding carboxylic acids is 1. The average Bonchev–Trinajstić information content (AvgIpc) is 2.58. The predicted octanol–water partition coefficient (Wildman–Crippen LogP) is 3.01. The first-order valence-corrected chi connectivity index (χ1v) is 9.84. The van der Waals surface area contributed by atoms with Crippen molar-refractivity contribution in [2.24, 2.45) is 0 Å². The Hall–Kier alpha value is -2.38. The van der Waals surface area contributed by atoms with Gasteiger partial charge in [-0.15, -0.1) is 0 Å². The summed E-state index contributed by atoms with van der Waals surface area (Å²) in [5.41, 5.74) is 2.79. The molecule has 0 aromatic heterocycles. The highest BCUT2D eigenvalue weighted by Gasteiger charge is 2.22. The van der Waals surface area contributed by atoms with Crippen molar-refractivity contribution >= 4 is 21.6 Å². The Bertz CT molecular complexity index is 877. The number of hydrogen-bond acceptors (Lipinski definition) is 4. The molecule has 2 N–H and O–H groups in total. The smallest absolute Gasteiger partial charge is 0.242 e. The van der Waals surface area contributed by atoms with E-state index in [9.17, 15) is 13.2 Å². The zero-order valence-corrected chi connectivity index (χ0v) is 16.2. The molecule has 140 valence electrons. The molecule has 26 heavy (non-hydrogen) atoms. The predicted molar refractivity (Wildman–Crippen MR) is 102 cm³/mol. The van der Waals surface area contributed by atoms with E-state index in [0.717, 1.165) is 11.1 Å². The summed E-state index contributed by atoms with van der Waals surface area (Å²) in [4.78, 5) is 12.4. The Balaban J connectivity index is 2.05. The van der Waals surface area contributed by atoms with E-state index in [1.807, 2.05) is 32.9 Å². The number of sulfonamides is 1. The number of nitrogens with one attached hydrogen (secondary N) is 2. The summed E-state index contributed by atoms with van der Waals surface area (Å²) in [5.74, 6) is 0.162. The van der Waals surface area contributed by atoms with Crippen molar-refractivity contribution in [1.29, 1.82) is 0 Å². The minimum atomic E-state index is -3.81. The molecule has 2 aromatic carbocycles. The second kappa shape index (κ2) is 8.33. The Kier molecular flexibility index (Phi) is 6.39. The van der Waals surface area contributed by atoms with Crippen LogP contribution in [0.2, 0.25) is 0 Å². The maximum Gasteiger partial charge on any atom is 0.242 e. The van der Waals surface area contributed by atoms with Gasteiger partial charge in [0, 0.05) is 5.69 Å². The minimum absolute atomic E-state index is 0.0757. The van der Waals surface area contributed by atoms with Gasteiger partial charge < -0.3 is 10.1 Å². The van der Waals surface area contributed by atoms with E-state index in [0.29, 0.717) is 18.0 Å². The lowest BCUT2D eigenvalue weighted by Crippen LogP contribution is -2.41. The van der Waals surface area contributed by atoms with Gasteiger partial charge in [-0.3, -0.25) is 4.79 Å². The van der Waals surface area contributed by atoms with E-state index >= 15 is 0 Å². The summed E-state index contributed by atoms with van der Waals surface area (Å²) < 4.78 is 32.6. The fourth-order valence-corrected chi connectivity index (χ4v) is 3.51. The van der Waals surface area contributed by atoms with Crippen LogP contribution >= 0.6 is 0 Å². The topological polar surface area (TPSA) is 84.5 Å². The Morgan fingerprint density at radius 3 is 2.31 bits per heavy atom. The van der Waals surface area contributed by atoms with Crippen LogP contribution in [0.3, 0.4) is 0 Å². The standard InChI is InChI=1S/C19H24N2O4S/c1-5-25-17-8-10-18(11-9-17)26(23,24)21-15(4)19(22)20-16-7-6-13(2)14(3)12-16/h6-12,15,21H,5H2,1-4H3,(H,20,22)/t15-/m1/s1. The summed E-state index contributed by atoms with van der Waals surface area (Å²) in [6, 6.07) is 10.7. The fourth-order valence-electron chi connectivity index (χ4n) is 2.31. The molecule has 2 rings (SSSR count). The van der Waals surface area contributed by atoms with Gasteiger partial charge in [0.25, 0.3) is 0 Å². The molecule has 0 radical (unpaired) electrons. The summed E-state index contributed by atoms with van der Waals surface area (Å²) in [5, 5.41) is 2.72. The largest absolute Gasteiger partial charge is 0.494 e. The van der Waals surface area contributed by atoms with Gasteiger partial charge in [-0.1, -0.05) is 6.07 Å². The molecule has 0 fully saturated rings. The summed E-state index contributed by atoms with van der Waals surface area (Å²) in [7, 11) is -3.81. The number of amides is 1. The molecule has 1 atom stereocenters. The Labute approximate surface area is 154 Å². The molecule has 0 spiro atoms. The zero-order valence-electron chi connectivity index (χ0n) is 15.4. The molecule has 0 saturated heterocycles. The molecule has 0 bridgehead atoms. The van der Waals surface area contributed by atoms with Crippen molar-refractivity contribution < 1.29 is 17.9 Å².